The van der Waals surface area contributed by atoms with Gasteiger partial charge in [-0.3, -0.25) is 4.90 Å². The number of benzene rings is 1. The highest BCUT2D eigenvalue weighted by atomic mass is 16.5. The Bertz CT molecular complexity index is 598. The first kappa shape index (κ1) is 16.1. The van der Waals surface area contributed by atoms with Gasteiger partial charge in [-0.15, -0.1) is 0 Å². The number of ether oxygens (including phenoxy) is 2. The van der Waals surface area contributed by atoms with E-state index in [-0.39, 0.29) is 12.7 Å². The Morgan fingerprint density at radius 3 is 2.83 bits per heavy atom. The fourth-order valence-electron chi connectivity index (χ4n) is 2.73. The molecule has 2 aromatic rings. The molecule has 2 atom stereocenters. The lowest BCUT2D eigenvalue weighted by Gasteiger charge is -2.33. The Morgan fingerprint density at radius 1 is 1.26 bits per heavy atom. The molecule has 0 bridgehead atoms. The maximum atomic E-state index is 10.2. The number of hydrogen-bond donors (Lipinski definition) is 1. The predicted octanol–water partition coefficient (Wildman–Crippen LogP) is 2.40. The van der Waals surface area contributed by atoms with Crippen LogP contribution in [-0.2, 0) is 4.74 Å². The van der Waals surface area contributed by atoms with Gasteiger partial charge in [0.25, 0.3) is 0 Å². The normalized spacial score (nSPS) is 20.3. The summed E-state index contributed by atoms with van der Waals surface area (Å²) in [4.78, 5) is 2.19. The van der Waals surface area contributed by atoms with Gasteiger partial charge in [-0.2, -0.15) is 0 Å². The SMILES string of the molecule is Cc1ccc(C2CN(CC(O)COc3ccccc3)CCO2)o1. The minimum Gasteiger partial charge on any atom is -0.491 e. The van der Waals surface area contributed by atoms with Crippen LogP contribution in [0, 0.1) is 6.92 Å². The lowest BCUT2D eigenvalue weighted by atomic mass is 10.2. The fraction of sp³-hybridized carbons (Fsp3) is 0.444. The standard InChI is InChI=1S/C18H23NO4/c1-14-7-8-17(23-14)18-12-19(9-10-21-18)11-15(20)13-22-16-5-3-2-4-6-16/h2-8,15,18,20H,9-13H2,1H3. The molecule has 5 nitrogen and oxygen atoms in total. The van der Waals surface area contributed by atoms with Gasteiger partial charge in [0, 0.05) is 19.6 Å². The molecule has 0 aliphatic carbocycles. The van der Waals surface area contributed by atoms with Crippen molar-refractivity contribution in [1.82, 2.24) is 4.90 Å². The molecule has 1 aromatic heterocycles. The molecule has 5 heteroatoms. The number of furan rings is 1. The van der Waals surface area contributed by atoms with E-state index in [0.29, 0.717) is 13.2 Å². The van der Waals surface area contributed by atoms with Crippen molar-refractivity contribution in [2.24, 2.45) is 0 Å². The number of aliphatic hydroxyl groups is 1. The van der Waals surface area contributed by atoms with E-state index >= 15 is 0 Å². The van der Waals surface area contributed by atoms with Gasteiger partial charge in [0.15, 0.2) is 0 Å². The molecule has 3 rings (SSSR count). The average Bonchev–Trinajstić information content (AvgIpc) is 3.01. The van der Waals surface area contributed by atoms with Crippen molar-refractivity contribution >= 4 is 0 Å². The lowest BCUT2D eigenvalue weighted by molar-refractivity contribution is -0.0543. The van der Waals surface area contributed by atoms with Gasteiger partial charge < -0.3 is 19.0 Å². The minimum atomic E-state index is -0.535. The second kappa shape index (κ2) is 7.64. The van der Waals surface area contributed by atoms with E-state index in [1.807, 2.05) is 49.4 Å². The highest BCUT2D eigenvalue weighted by molar-refractivity contribution is 5.20. The maximum Gasteiger partial charge on any atom is 0.134 e. The fourth-order valence-corrected chi connectivity index (χ4v) is 2.73. The zero-order valence-corrected chi connectivity index (χ0v) is 13.4. The molecule has 2 unspecified atom stereocenters. The summed E-state index contributed by atoms with van der Waals surface area (Å²) in [7, 11) is 0. The first-order valence-electron chi connectivity index (χ1n) is 7.97. The number of aryl methyl sites for hydroxylation is 1. The number of hydrogen-bond acceptors (Lipinski definition) is 5. The van der Waals surface area contributed by atoms with Gasteiger partial charge in [0.1, 0.15) is 36.1 Å². The summed E-state index contributed by atoms with van der Waals surface area (Å²) in [5, 5.41) is 10.2. The van der Waals surface area contributed by atoms with E-state index in [0.717, 1.165) is 30.4 Å². The summed E-state index contributed by atoms with van der Waals surface area (Å²) in [6, 6.07) is 13.4. The topological polar surface area (TPSA) is 55.1 Å². The predicted molar refractivity (Wildman–Crippen MR) is 86.5 cm³/mol. The molecule has 0 saturated carbocycles. The largest absolute Gasteiger partial charge is 0.491 e. The molecule has 1 aliphatic heterocycles. The van der Waals surface area contributed by atoms with Crippen LogP contribution in [0.5, 0.6) is 5.75 Å². The van der Waals surface area contributed by atoms with E-state index in [1.165, 1.54) is 0 Å². The molecule has 0 spiro atoms. The molecule has 1 N–H and O–H groups in total. The molecule has 0 amide bonds. The molecular formula is C18H23NO4. The van der Waals surface area contributed by atoms with E-state index in [1.54, 1.807) is 0 Å². The van der Waals surface area contributed by atoms with E-state index in [2.05, 4.69) is 4.90 Å². The monoisotopic (exact) mass is 317 g/mol. The van der Waals surface area contributed by atoms with Gasteiger partial charge in [-0.25, -0.2) is 0 Å². The molecule has 1 aromatic carbocycles. The smallest absolute Gasteiger partial charge is 0.134 e. The van der Waals surface area contributed by atoms with Crippen LogP contribution in [-0.4, -0.2) is 49.0 Å². The van der Waals surface area contributed by atoms with Crippen LogP contribution in [0.15, 0.2) is 46.9 Å². The molecule has 23 heavy (non-hydrogen) atoms. The molecule has 1 saturated heterocycles. The summed E-state index contributed by atoms with van der Waals surface area (Å²) < 4.78 is 17.0. The van der Waals surface area contributed by atoms with Crippen molar-refractivity contribution in [3.05, 3.63) is 54.0 Å². The highest BCUT2D eigenvalue weighted by Crippen LogP contribution is 2.24. The molecule has 0 radical (unpaired) electrons. The van der Waals surface area contributed by atoms with Gasteiger partial charge in [0.2, 0.25) is 0 Å². The number of morpholine rings is 1. The average molecular weight is 317 g/mol. The van der Waals surface area contributed by atoms with Gasteiger partial charge in [0.05, 0.1) is 6.61 Å². The molecule has 1 aliphatic rings. The van der Waals surface area contributed by atoms with E-state index < -0.39 is 6.10 Å². The zero-order chi connectivity index (χ0) is 16.1. The minimum absolute atomic E-state index is 0.0697. The van der Waals surface area contributed by atoms with Crippen molar-refractivity contribution in [2.75, 3.05) is 32.8 Å². The first-order chi connectivity index (χ1) is 11.2. The Balaban J connectivity index is 1.47. The molecule has 2 heterocycles. The summed E-state index contributed by atoms with van der Waals surface area (Å²) in [5.74, 6) is 2.51. The van der Waals surface area contributed by atoms with Crippen LogP contribution in [0.1, 0.15) is 17.6 Å². The third-order valence-electron chi connectivity index (χ3n) is 3.88. The number of aliphatic hydroxyl groups excluding tert-OH is 1. The summed E-state index contributed by atoms with van der Waals surface area (Å²) in [5.41, 5.74) is 0. The summed E-state index contributed by atoms with van der Waals surface area (Å²) in [6.45, 7) is 4.93. The van der Waals surface area contributed by atoms with Crippen molar-refractivity contribution < 1.29 is 19.0 Å². The van der Waals surface area contributed by atoms with Crippen LogP contribution in [0.25, 0.3) is 0 Å². The van der Waals surface area contributed by atoms with Gasteiger partial charge in [-0.05, 0) is 31.2 Å². The molecule has 124 valence electrons. The van der Waals surface area contributed by atoms with Crippen molar-refractivity contribution in [3.8, 4) is 5.75 Å². The van der Waals surface area contributed by atoms with Crippen LogP contribution in [0.2, 0.25) is 0 Å². The Hall–Kier alpha value is -1.82. The third-order valence-corrected chi connectivity index (χ3v) is 3.88. The Kier molecular flexibility index (Phi) is 5.33. The van der Waals surface area contributed by atoms with Crippen LogP contribution < -0.4 is 4.74 Å². The number of β-amino-alcohol motifs (C(OH)–C–C–N with tert-alkyl or cyclic N) is 1. The molecular weight excluding hydrogens is 294 g/mol. The number of rotatable bonds is 6. The second-order valence-corrected chi connectivity index (χ2v) is 5.85. The van der Waals surface area contributed by atoms with Crippen molar-refractivity contribution in [3.63, 3.8) is 0 Å². The van der Waals surface area contributed by atoms with Crippen LogP contribution >= 0.6 is 0 Å². The Morgan fingerprint density at radius 2 is 2.09 bits per heavy atom. The van der Waals surface area contributed by atoms with Crippen molar-refractivity contribution in [2.45, 2.75) is 19.1 Å². The summed E-state index contributed by atoms with van der Waals surface area (Å²) in [6.07, 6.45) is -0.605. The number of para-hydroxylation sites is 1. The molecule has 1 fully saturated rings. The van der Waals surface area contributed by atoms with E-state index in [4.69, 9.17) is 13.9 Å². The second-order valence-electron chi connectivity index (χ2n) is 5.85. The first-order valence-corrected chi connectivity index (χ1v) is 7.97. The van der Waals surface area contributed by atoms with Crippen LogP contribution in [0.3, 0.4) is 0 Å². The number of nitrogens with zero attached hydrogens (tertiary/aromatic N) is 1. The van der Waals surface area contributed by atoms with Gasteiger partial charge >= 0.3 is 0 Å². The quantitative estimate of drug-likeness (QED) is 0.886. The lowest BCUT2D eigenvalue weighted by Crippen LogP contribution is -2.43. The van der Waals surface area contributed by atoms with Crippen LogP contribution in [0.4, 0.5) is 0 Å². The third kappa shape index (κ3) is 4.58. The maximum absolute atomic E-state index is 10.2. The highest BCUT2D eigenvalue weighted by Gasteiger charge is 2.25. The Labute approximate surface area is 136 Å². The summed E-state index contributed by atoms with van der Waals surface area (Å²) >= 11 is 0. The van der Waals surface area contributed by atoms with Gasteiger partial charge in [-0.1, -0.05) is 18.2 Å². The zero-order valence-electron chi connectivity index (χ0n) is 13.4. The van der Waals surface area contributed by atoms with E-state index in [9.17, 15) is 5.11 Å². The van der Waals surface area contributed by atoms with Crippen molar-refractivity contribution in [1.29, 1.82) is 0 Å².